The van der Waals surface area contributed by atoms with Crippen LogP contribution in [0.4, 0.5) is 0 Å². The monoisotopic (exact) mass is 308 g/mol. The molecule has 5 heteroatoms. The van der Waals surface area contributed by atoms with Gasteiger partial charge >= 0.3 is 0 Å². The molecular weight excluding hydrogens is 284 g/mol. The summed E-state index contributed by atoms with van der Waals surface area (Å²) in [5, 5.41) is 3.56. The SMILES string of the molecule is CCN(CCNC1CCS(=O)(=O)c2ccccc21)C1CC1. The fourth-order valence-corrected chi connectivity index (χ4v) is 4.84. The first kappa shape index (κ1) is 15.0. The third-order valence-corrected chi connectivity index (χ3v) is 6.38. The van der Waals surface area contributed by atoms with Crippen molar-refractivity contribution in [3.63, 3.8) is 0 Å². The number of fused-ring (bicyclic) bond motifs is 1. The fraction of sp³-hybridized carbons (Fsp3) is 0.625. The Labute approximate surface area is 127 Å². The molecule has 0 amide bonds. The number of rotatable bonds is 6. The van der Waals surface area contributed by atoms with Crippen molar-refractivity contribution in [1.82, 2.24) is 10.2 Å². The Bertz CT molecular complexity index is 596. The summed E-state index contributed by atoms with van der Waals surface area (Å²) in [6.45, 7) is 5.28. The van der Waals surface area contributed by atoms with Crippen molar-refractivity contribution in [1.29, 1.82) is 0 Å². The molecule has 0 saturated heterocycles. The second-order valence-electron chi connectivity index (χ2n) is 6.01. The number of nitrogens with zero attached hydrogens (tertiary/aromatic N) is 1. The number of benzene rings is 1. The molecule has 4 nitrogen and oxygen atoms in total. The predicted molar refractivity (Wildman–Crippen MR) is 84.1 cm³/mol. The second-order valence-corrected chi connectivity index (χ2v) is 8.09. The molecule has 116 valence electrons. The van der Waals surface area contributed by atoms with Gasteiger partial charge < -0.3 is 5.32 Å². The molecule has 0 aromatic heterocycles. The van der Waals surface area contributed by atoms with Gasteiger partial charge in [0.25, 0.3) is 0 Å². The van der Waals surface area contributed by atoms with E-state index in [1.54, 1.807) is 6.07 Å². The van der Waals surface area contributed by atoms with Gasteiger partial charge in [-0.05, 0) is 37.4 Å². The molecule has 1 fully saturated rings. The molecule has 0 radical (unpaired) electrons. The highest BCUT2D eigenvalue weighted by molar-refractivity contribution is 7.91. The van der Waals surface area contributed by atoms with Gasteiger partial charge in [-0.2, -0.15) is 0 Å². The first-order valence-electron chi connectivity index (χ1n) is 7.91. The lowest BCUT2D eigenvalue weighted by Gasteiger charge is -2.28. The highest BCUT2D eigenvalue weighted by Crippen LogP contribution is 2.32. The summed E-state index contributed by atoms with van der Waals surface area (Å²) in [7, 11) is -3.07. The average molecular weight is 308 g/mol. The number of hydrogen-bond donors (Lipinski definition) is 1. The van der Waals surface area contributed by atoms with Crippen molar-refractivity contribution in [2.75, 3.05) is 25.4 Å². The standard InChI is InChI=1S/C16H24N2O2S/c1-2-18(13-7-8-13)11-10-17-15-9-12-21(19,20)16-6-4-3-5-14(15)16/h3-6,13,15,17H,2,7-12H2,1H3. The Balaban J connectivity index is 1.64. The predicted octanol–water partition coefficient (Wildman–Crippen LogP) is 1.98. The maximum atomic E-state index is 12.1. The highest BCUT2D eigenvalue weighted by Gasteiger charge is 2.30. The van der Waals surface area contributed by atoms with Crippen LogP contribution >= 0.6 is 0 Å². The van der Waals surface area contributed by atoms with Crippen LogP contribution in [0.1, 0.15) is 37.8 Å². The third kappa shape index (κ3) is 3.30. The average Bonchev–Trinajstić information content (AvgIpc) is 3.31. The molecule has 0 spiro atoms. The van der Waals surface area contributed by atoms with Crippen LogP contribution in [-0.4, -0.2) is 44.7 Å². The first-order chi connectivity index (χ1) is 10.1. The molecular formula is C16H24N2O2S. The molecule has 3 rings (SSSR count). The lowest BCUT2D eigenvalue weighted by atomic mass is 10.0. The zero-order valence-electron chi connectivity index (χ0n) is 12.6. The van der Waals surface area contributed by atoms with Crippen molar-refractivity contribution >= 4 is 9.84 Å². The van der Waals surface area contributed by atoms with E-state index >= 15 is 0 Å². The molecule has 1 N–H and O–H groups in total. The van der Waals surface area contributed by atoms with E-state index in [0.29, 0.717) is 11.3 Å². The van der Waals surface area contributed by atoms with Gasteiger partial charge in [0.1, 0.15) is 0 Å². The minimum absolute atomic E-state index is 0.169. The minimum Gasteiger partial charge on any atom is -0.309 e. The van der Waals surface area contributed by atoms with Crippen LogP contribution in [0.3, 0.4) is 0 Å². The molecule has 1 saturated carbocycles. The molecule has 21 heavy (non-hydrogen) atoms. The van der Waals surface area contributed by atoms with E-state index < -0.39 is 9.84 Å². The van der Waals surface area contributed by atoms with Crippen LogP contribution in [-0.2, 0) is 9.84 Å². The van der Waals surface area contributed by atoms with Crippen LogP contribution in [0, 0.1) is 0 Å². The van der Waals surface area contributed by atoms with Crippen LogP contribution in [0.2, 0.25) is 0 Å². The topological polar surface area (TPSA) is 49.4 Å². The summed E-state index contributed by atoms with van der Waals surface area (Å²) in [5.74, 6) is 0.252. The number of sulfone groups is 1. The second kappa shape index (κ2) is 6.07. The van der Waals surface area contributed by atoms with Gasteiger partial charge in [0.15, 0.2) is 9.84 Å². The Kier molecular flexibility index (Phi) is 4.33. The Morgan fingerprint density at radius 1 is 1.24 bits per heavy atom. The maximum absolute atomic E-state index is 12.1. The van der Waals surface area contributed by atoms with Crippen molar-refractivity contribution in [2.45, 2.75) is 43.2 Å². The van der Waals surface area contributed by atoms with Gasteiger partial charge in [-0.25, -0.2) is 8.42 Å². The Morgan fingerprint density at radius 2 is 2.00 bits per heavy atom. The van der Waals surface area contributed by atoms with E-state index in [1.165, 1.54) is 12.8 Å². The number of hydrogen-bond acceptors (Lipinski definition) is 4. The summed E-state index contributed by atoms with van der Waals surface area (Å²) < 4.78 is 24.2. The maximum Gasteiger partial charge on any atom is 0.178 e. The van der Waals surface area contributed by atoms with Crippen LogP contribution in [0.15, 0.2) is 29.2 Å². The summed E-state index contributed by atoms with van der Waals surface area (Å²) in [4.78, 5) is 3.03. The lowest BCUT2D eigenvalue weighted by molar-refractivity contribution is 0.271. The van der Waals surface area contributed by atoms with Crippen molar-refractivity contribution in [2.24, 2.45) is 0 Å². The Hall–Kier alpha value is -0.910. The molecule has 1 heterocycles. The molecule has 1 aliphatic heterocycles. The van der Waals surface area contributed by atoms with Gasteiger partial charge in [0.2, 0.25) is 0 Å². The van der Waals surface area contributed by atoms with Gasteiger partial charge in [-0.3, -0.25) is 4.90 Å². The normalized spacial score (nSPS) is 24.0. The first-order valence-corrected chi connectivity index (χ1v) is 9.56. The van der Waals surface area contributed by atoms with Crippen molar-refractivity contribution in [3.05, 3.63) is 29.8 Å². The van der Waals surface area contributed by atoms with E-state index in [0.717, 1.165) is 31.2 Å². The minimum atomic E-state index is -3.07. The highest BCUT2D eigenvalue weighted by atomic mass is 32.2. The zero-order chi connectivity index (χ0) is 14.9. The molecule has 1 atom stereocenters. The van der Waals surface area contributed by atoms with E-state index in [-0.39, 0.29) is 11.8 Å². The molecule has 1 aromatic carbocycles. The smallest absolute Gasteiger partial charge is 0.178 e. The van der Waals surface area contributed by atoms with Gasteiger partial charge in [0, 0.05) is 25.2 Å². The Morgan fingerprint density at radius 3 is 2.71 bits per heavy atom. The van der Waals surface area contributed by atoms with Gasteiger partial charge in [-0.1, -0.05) is 25.1 Å². The quantitative estimate of drug-likeness (QED) is 0.873. The molecule has 0 bridgehead atoms. The van der Waals surface area contributed by atoms with Gasteiger partial charge in [0.05, 0.1) is 10.6 Å². The molecule has 2 aliphatic rings. The number of nitrogens with one attached hydrogen (secondary N) is 1. The van der Waals surface area contributed by atoms with E-state index in [4.69, 9.17) is 0 Å². The van der Waals surface area contributed by atoms with Crippen LogP contribution in [0.5, 0.6) is 0 Å². The van der Waals surface area contributed by atoms with E-state index in [2.05, 4.69) is 17.1 Å². The molecule has 1 aliphatic carbocycles. The van der Waals surface area contributed by atoms with Crippen LogP contribution < -0.4 is 5.32 Å². The third-order valence-electron chi connectivity index (χ3n) is 4.56. The largest absolute Gasteiger partial charge is 0.309 e. The fourth-order valence-electron chi connectivity index (χ4n) is 3.22. The zero-order valence-corrected chi connectivity index (χ0v) is 13.4. The van der Waals surface area contributed by atoms with E-state index in [1.807, 2.05) is 18.2 Å². The number of likely N-dealkylation sites (N-methyl/N-ethyl adjacent to an activating group) is 1. The van der Waals surface area contributed by atoms with Gasteiger partial charge in [-0.15, -0.1) is 0 Å². The molecule has 1 aromatic rings. The van der Waals surface area contributed by atoms with E-state index in [9.17, 15) is 8.42 Å². The van der Waals surface area contributed by atoms with Crippen molar-refractivity contribution in [3.8, 4) is 0 Å². The van der Waals surface area contributed by atoms with Crippen molar-refractivity contribution < 1.29 is 8.42 Å². The van der Waals surface area contributed by atoms with Crippen LogP contribution in [0.25, 0.3) is 0 Å². The summed E-state index contributed by atoms with van der Waals surface area (Å²) in [6, 6.07) is 8.38. The molecule has 1 unspecified atom stereocenters. The summed E-state index contributed by atoms with van der Waals surface area (Å²) in [5.41, 5.74) is 0.943. The lowest BCUT2D eigenvalue weighted by Crippen LogP contribution is -2.37. The summed E-state index contributed by atoms with van der Waals surface area (Å²) in [6.07, 6.45) is 3.34. The summed E-state index contributed by atoms with van der Waals surface area (Å²) >= 11 is 0.